The van der Waals surface area contributed by atoms with Crippen LogP contribution in [0.25, 0.3) is 0 Å². The topological polar surface area (TPSA) is 69.7 Å². The third-order valence-electron chi connectivity index (χ3n) is 5.53. The summed E-state index contributed by atoms with van der Waals surface area (Å²) in [4.78, 5) is 37.0. The molecule has 24 heavy (non-hydrogen) atoms. The van der Waals surface area contributed by atoms with Gasteiger partial charge in [0.2, 0.25) is 5.78 Å². The summed E-state index contributed by atoms with van der Waals surface area (Å²) in [5.74, 6) is -1.67. The van der Waals surface area contributed by atoms with E-state index in [0.717, 1.165) is 12.8 Å². The van der Waals surface area contributed by atoms with Gasteiger partial charge in [-0.05, 0) is 37.8 Å². The normalized spacial score (nSPS) is 34.1. The number of Topliss-reactive ketones (excluding diaryl/α,β-unsaturated/α-hetero) is 1. The van der Waals surface area contributed by atoms with Crippen molar-refractivity contribution >= 4 is 29.3 Å². The molecule has 5 nitrogen and oxygen atoms in total. The van der Waals surface area contributed by atoms with Gasteiger partial charge in [-0.15, -0.1) is 0 Å². The molecular formula is C18H17ClO5. The first kappa shape index (κ1) is 15.6. The zero-order valence-corrected chi connectivity index (χ0v) is 13.9. The molecule has 0 radical (unpaired) electrons. The fraction of sp³-hybridized carbons (Fsp3) is 0.500. The van der Waals surface area contributed by atoms with Gasteiger partial charge >= 0.3 is 11.9 Å². The van der Waals surface area contributed by atoms with Crippen LogP contribution in [0.4, 0.5) is 0 Å². The van der Waals surface area contributed by atoms with Gasteiger partial charge in [0.05, 0.1) is 11.8 Å². The van der Waals surface area contributed by atoms with Gasteiger partial charge in [-0.3, -0.25) is 14.4 Å². The van der Waals surface area contributed by atoms with Crippen LogP contribution in [0.5, 0.6) is 0 Å². The number of fused-ring (bicyclic) bond motifs is 1. The number of rotatable bonds is 4. The van der Waals surface area contributed by atoms with Gasteiger partial charge in [-0.1, -0.05) is 23.7 Å². The highest BCUT2D eigenvalue weighted by Gasteiger charge is 2.64. The number of hydrogen-bond donors (Lipinski definition) is 0. The second-order valence-corrected chi connectivity index (χ2v) is 7.31. The summed E-state index contributed by atoms with van der Waals surface area (Å²) in [6.07, 6.45) is 0.617. The summed E-state index contributed by atoms with van der Waals surface area (Å²) in [6, 6.07) is 6.53. The number of carbonyl (C=O) groups is 3. The Morgan fingerprint density at radius 3 is 2.88 bits per heavy atom. The van der Waals surface area contributed by atoms with E-state index in [9.17, 15) is 14.4 Å². The predicted molar refractivity (Wildman–Crippen MR) is 84.4 cm³/mol. The average Bonchev–Trinajstić information content (AvgIpc) is 3.15. The lowest BCUT2D eigenvalue weighted by molar-refractivity contribution is -0.157. The van der Waals surface area contributed by atoms with Crippen molar-refractivity contribution in [3.05, 3.63) is 34.9 Å². The lowest BCUT2D eigenvalue weighted by Crippen LogP contribution is -2.36. The number of hydrogen-bond acceptors (Lipinski definition) is 5. The molecule has 0 N–H and O–H groups in total. The number of ether oxygens (including phenoxy) is 2. The van der Waals surface area contributed by atoms with Gasteiger partial charge in [0.15, 0.2) is 6.10 Å². The first-order chi connectivity index (χ1) is 11.5. The molecule has 1 aromatic rings. The monoisotopic (exact) mass is 348 g/mol. The SMILES string of the molecule is C[C@H](OC(=O)[C@@H]1[C@@H]2C[C@@H]3[C@@H]1C(=O)O[C@H]3C2)C(=O)c1cccc(Cl)c1. The van der Waals surface area contributed by atoms with Crippen molar-refractivity contribution < 1.29 is 23.9 Å². The Bertz CT molecular complexity index is 728. The molecule has 3 fully saturated rings. The van der Waals surface area contributed by atoms with Crippen LogP contribution in [0.1, 0.15) is 30.1 Å². The van der Waals surface area contributed by atoms with E-state index in [4.69, 9.17) is 21.1 Å². The molecule has 3 aliphatic rings. The average molecular weight is 349 g/mol. The summed E-state index contributed by atoms with van der Waals surface area (Å²) in [5.41, 5.74) is 0.399. The molecule has 4 rings (SSSR count). The Balaban J connectivity index is 1.46. The quantitative estimate of drug-likeness (QED) is 0.618. The van der Waals surface area contributed by atoms with Crippen molar-refractivity contribution in [2.24, 2.45) is 23.7 Å². The van der Waals surface area contributed by atoms with E-state index in [2.05, 4.69) is 0 Å². The minimum Gasteiger partial charge on any atom is -0.462 e. The molecule has 2 saturated carbocycles. The molecule has 0 unspecified atom stereocenters. The van der Waals surface area contributed by atoms with E-state index in [1.54, 1.807) is 31.2 Å². The minimum absolute atomic E-state index is 0.0259. The van der Waals surface area contributed by atoms with Crippen LogP contribution < -0.4 is 0 Å². The van der Waals surface area contributed by atoms with E-state index in [-0.39, 0.29) is 29.7 Å². The van der Waals surface area contributed by atoms with Crippen molar-refractivity contribution in [3.63, 3.8) is 0 Å². The van der Waals surface area contributed by atoms with Crippen LogP contribution in [-0.4, -0.2) is 29.9 Å². The molecule has 2 bridgehead atoms. The Morgan fingerprint density at radius 1 is 1.33 bits per heavy atom. The molecule has 1 heterocycles. The Kier molecular flexibility index (Phi) is 3.64. The lowest BCUT2D eigenvalue weighted by atomic mass is 9.80. The highest BCUT2D eigenvalue weighted by atomic mass is 35.5. The summed E-state index contributed by atoms with van der Waals surface area (Å²) in [7, 11) is 0. The maximum atomic E-state index is 12.6. The van der Waals surface area contributed by atoms with Gasteiger partial charge in [0, 0.05) is 16.5 Å². The van der Waals surface area contributed by atoms with Gasteiger partial charge in [0.1, 0.15) is 6.10 Å². The van der Waals surface area contributed by atoms with E-state index in [1.807, 2.05) is 0 Å². The van der Waals surface area contributed by atoms with Crippen LogP contribution >= 0.6 is 11.6 Å². The van der Waals surface area contributed by atoms with Crippen molar-refractivity contribution in [3.8, 4) is 0 Å². The van der Waals surface area contributed by atoms with Crippen LogP contribution in [0.3, 0.4) is 0 Å². The number of carbonyl (C=O) groups excluding carboxylic acids is 3. The number of esters is 2. The van der Waals surface area contributed by atoms with Crippen LogP contribution in [0.2, 0.25) is 5.02 Å². The lowest BCUT2D eigenvalue weighted by Gasteiger charge is -2.24. The fourth-order valence-electron chi connectivity index (χ4n) is 4.51. The minimum atomic E-state index is -0.914. The molecule has 0 amide bonds. The zero-order valence-electron chi connectivity index (χ0n) is 13.1. The molecule has 1 aromatic carbocycles. The highest BCUT2D eigenvalue weighted by Crippen LogP contribution is 2.58. The first-order valence-corrected chi connectivity index (χ1v) is 8.54. The maximum absolute atomic E-state index is 12.6. The van der Waals surface area contributed by atoms with E-state index < -0.39 is 23.9 Å². The van der Waals surface area contributed by atoms with Crippen molar-refractivity contribution in [1.29, 1.82) is 0 Å². The van der Waals surface area contributed by atoms with Gasteiger partial charge < -0.3 is 9.47 Å². The Labute approximate surface area is 144 Å². The summed E-state index contributed by atoms with van der Waals surface area (Å²) >= 11 is 5.89. The molecule has 1 aliphatic heterocycles. The third kappa shape index (κ3) is 2.34. The van der Waals surface area contributed by atoms with Crippen LogP contribution in [-0.2, 0) is 19.1 Å². The number of halogens is 1. The first-order valence-electron chi connectivity index (χ1n) is 8.16. The van der Waals surface area contributed by atoms with Gasteiger partial charge in [-0.2, -0.15) is 0 Å². The summed E-state index contributed by atoms with van der Waals surface area (Å²) in [5, 5.41) is 0.451. The molecule has 126 valence electrons. The molecule has 0 aromatic heterocycles. The van der Waals surface area contributed by atoms with Gasteiger partial charge in [0.25, 0.3) is 0 Å². The molecule has 6 heteroatoms. The fourth-order valence-corrected chi connectivity index (χ4v) is 4.70. The molecule has 1 saturated heterocycles. The molecular weight excluding hydrogens is 332 g/mol. The Morgan fingerprint density at radius 2 is 2.12 bits per heavy atom. The maximum Gasteiger partial charge on any atom is 0.310 e. The van der Waals surface area contributed by atoms with Crippen LogP contribution in [0.15, 0.2) is 24.3 Å². The summed E-state index contributed by atoms with van der Waals surface area (Å²) in [6.45, 7) is 1.55. The van der Waals surface area contributed by atoms with Crippen molar-refractivity contribution in [2.45, 2.75) is 32.0 Å². The van der Waals surface area contributed by atoms with E-state index in [1.165, 1.54) is 0 Å². The Hall–Kier alpha value is -1.88. The second kappa shape index (κ2) is 5.59. The van der Waals surface area contributed by atoms with Crippen molar-refractivity contribution in [1.82, 2.24) is 0 Å². The number of benzene rings is 1. The number of ketones is 1. The smallest absolute Gasteiger partial charge is 0.310 e. The van der Waals surface area contributed by atoms with Crippen molar-refractivity contribution in [2.75, 3.05) is 0 Å². The standard InChI is InChI=1S/C18H17ClO5/c1-8(16(20)9-3-2-4-11(19)5-9)23-17(21)14-10-6-12-13(7-10)24-18(22)15(12)14/h2-5,8,10,12-15H,6-7H2,1H3/t8-,10+,12-,13-,14+,15-/m0/s1. The second-order valence-electron chi connectivity index (χ2n) is 6.88. The molecule has 0 spiro atoms. The third-order valence-corrected chi connectivity index (χ3v) is 5.76. The predicted octanol–water partition coefficient (Wildman–Crippen LogP) is 2.65. The zero-order chi connectivity index (χ0) is 17.0. The van der Waals surface area contributed by atoms with E-state index >= 15 is 0 Å². The highest BCUT2D eigenvalue weighted by molar-refractivity contribution is 6.31. The molecule has 6 atom stereocenters. The largest absolute Gasteiger partial charge is 0.462 e. The van der Waals surface area contributed by atoms with Crippen LogP contribution in [0, 0.1) is 23.7 Å². The van der Waals surface area contributed by atoms with Gasteiger partial charge in [-0.25, -0.2) is 0 Å². The summed E-state index contributed by atoms with van der Waals surface area (Å²) < 4.78 is 10.7. The van der Waals surface area contributed by atoms with E-state index in [0.29, 0.717) is 10.6 Å². The molecule has 2 aliphatic carbocycles.